The summed E-state index contributed by atoms with van der Waals surface area (Å²) in [7, 11) is 2.13. The highest BCUT2D eigenvalue weighted by atomic mass is 16.5. The molecule has 0 aliphatic rings. The molecule has 0 saturated heterocycles. The molecule has 2 nitrogen and oxygen atoms in total. The zero-order chi connectivity index (χ0) is 18.3. The molecule has 2 heteroatoms. The summed E-state index contributed by atoms with van der Waals surface area (Å²) >= 11 is 0. The summed E-state index contributed by atoms with van der Waals surface area (Å²) in [6, 6.07) is 0. The molecule has 0 radical (unpaired) electrons. The number of hydrogen-bond acceptors (Lipinski definition) is 2. The molecule has 0 rings (SSSR count). The zero-order valence-corrected chi connectivity index (χ0v) is 16.4. The minimum atomic E-state index is 0.644. The SMILES string of the molecule is C=CC/C=C(\C=C(\C)C(=C)OCC)C(=C/C)/CN(C)CC.CC. The topological polar surface area (TPSA) is 12.5 Å². The van der Waals surface area contributed by atoms with Gasteiger partial charge < -0.3 is 9.64 Å². The minimum absolute atomic E-state index is 0.644. The Hall–Kier alpha value is -1.54. The van der Waals surface area contributed by atoms with Crippen LogP contribution < -0.4 is 0 Å². The molecule has 0 N–H and O–H groups in total. The summed E-state index contributed by atoms with van der Waals surface area (Å²) in [5.41, 5.74) is 3.59. The Kier molecular flexibility index (Phi) is 15.8. The van der Waals surface area contributed by atoms with Gasteiger partial charge in [0, 0.05) is 6.54 Å². The van der Waals surface area contributed by atoms with E-state index < -0.39 is 0 Å². The lowest BCUT2D eigenvalue weighted by molar-refractivity contribution is 0.239. The van der Waals surface area contributed by atoms with Crippen molar-refractivity contribution < 1.29 is 4.74 Å². The number of hydrogen-bond donors (Lipinski definition) is 0. The van der Waals surface area contributed by atoms with Crippen molar-refractivity contribution in [3.8, 4) is 0 Å². The summed E-state index contributed by atoms with van der Waals surface area (Å²) in [4.78, 5) is 2.29. The van der Waals surface area contributed by atoms with E-state index in [9.17, 15) is 0 Å². The zero-order valence-electron chi connectivity index (χ0n) is 16.4. The van der Waals surface area contributed by atoms with Gasteiger partial charge >= 0.3 is 0 Å². The van der Waals surface area contributed by atoms with E-state index in [0.29, 0.717) is 6.61 Å². The average molecular weight is 320 g/mol. The van der Waals surface area contributed by atoms with Crippen molar-refractivity contribution in [2.75, 3.05) is 26.7 Å². The molecule has 0 bridgehead atoms. The molecule has 0 atom stereocenters. The lowest BCUT2D eigenvalue weighted by atomic mass is 10.0. The maximum Gasteiger partial charge on any atom is 0.115 e. The van der Waals surface area contributed by atoms with Gasteiger partial charge in [0.25, 0.3) is 0 Å². The van der Waals surface area contributed by atoms with Gasteiger partial charge in [0.15, 0.2) is 0 Å². The van der Waals surface area contributed by atoms with Gasteiger partial charge in [-0.3, -0.25) is 0 Å². The Bertz CT molecular complexity index is 427. The molecule has 0 unspecified atom stereocenters. The van der Waals surface area contributed by atoms with E-state index in [1.54, 1.807) is 0 Å². The fourth-order valence-corrected chi connectivity index (χ4v) is 1.85. The molecule has 132 valence electrons. The molecule has 0 heterocycles. The van der Waals surface area contributed by atoms with Gasteiger partial charge in [0.05, 0.1) is 6.61 Å². The first kappa shape index (κ1) is 23.7. The van der Waals surface area contributed by atoms with Gasteiger partial charge in [-0.05, 0) is 63.6 Å². The smallest absolute Gasteiger partial charge is 0.115 e. The quantitative estimate of drug-likeness (QED) is 0.282. The lowest BCUT2D eigenvalue weighted by Crippen LogP contribution is -2.21. The average Bonchev–Trinajstić information content (AvgIpc) is 2.58. The second-order valence-electron chi connectivity index (χ2n) is 5.01. The molecular weight excluding hydrogens is 282 g/mol. The van der Waals surface area contributed by atoms with E-state index in [1.165, 1.54) is 11.1 Å². The minimum Gasteiger partial charge on any atom is -0.494 e. The molecule has 0 saturated carbocycles. The maximum atomic E-state index is 5.48. The molecular formula is C21H37NO. The summed E-state index contributed by atoms with van der Waals surface area (Å²) in [6.07, 6.45) is 9.30. The van der Waals surface area contributed by atoms with Crippen LogP contribution in [0.1, 0.15) is 48.0 Å². The third-order valence-electron chi connectivity index (χ3n) is 3.33. The van der Waals surface area contributed by atoms with Crippen LogP contribution in [-0.2, 0) is 4.74 Å². The highest BCUT2D eigenvalue weighted by Crippen LogP contribution is 2.19. The number of rotatable bonds is 10. The van der Waals surface area contributed by atoms with Crippen molar-refractivity contribution in [1.82, 2.24) is 4.90 Å². The van der Waals surface area contributed by atoms with E-state index in [4.69, 9.17) is 4.74 Å². The monoisotopic (exact) mass is 319 g/mol. The van der Waals surface area contributed by atoms with E-state index in [2.05, 4.69) is 57.2 Å². The van der Waals surface area contributed by atoms with Crippen molar-refractivity contribution in [2.24, 2.45) is 0 Å². The van der Waals surface area contributed by atoms with Crippen LogP contribution in [0.2, 0.25) is 0 Å². The van der Waals surface area contributed by atoms with Crippen LogP contribution in [0.4, 0.5) is 0 Å². The van der Waals surface area contributed by atoms with Gasteiger partial charge in [-0.25, -0.2) is 0 Å². The van der Waals surface area contributed by atoms with Crippen molar-refractivity contribution in [3.63, 3.8) is 0 Å². The van der Waals surface area contributed by atoms with Crippen LogP contribution in [0.5, 0.6) is 0 Å². The summed E-state index contributed by atoms with van der Waals surface area (Å²) < 4.78 is 5.48. The summed E-state index contributed by atoms with van der Waals surface area (Å²) in [5, 5.41) is 0. The fourth-order valence-electron chi connectivity index (χ4n) is 1.85. The number of nitrogens with zero attached hydrogens (tertiary/aromatic N) is 1. The Balaban J connectivity index is 0. The molecule has 0 aromatic carbocycles. The first-order valence-electron chi connectivity index (χ1n) is 8.65. The lowest BCUT2D eigenvalue weighted by Gasteiger charge is -2.18. The largest absolute Gasteiger partial charge is 0.494 e. The fraction of sp³-hybridized carbons (Fsp3) is 0.524. The van der Waals surface area contributed by atoms with E-state index in [-0.39, 0.29) is 0 Å². The first-order chi connectivity index (χ1) is 11.0. The molecule has 0 aliphatic heterocycles. The van der Waals surface area contributed by atoms with Gasteiger partial charge in [-0.2, -0.15) is 0 Å². The molecule has 23 heavy (non-hydrogen) atoms. The van der Waals surface area contributed by atoms with Gasteiger partial charge in [-0.15, -0.1) is 6.58 Å². The second-order valence-corrected chi connectivity index (χ2v) is 5.01. The highest BCUT2D eigenvalue weighted by molar-refractivity contribution is 5.44. The molecule has 0 amide bonds. The summed E-state index contributed by atoms with van der Waals surface area (Å²) in [6.45, 7) is 22.6. The van der Waals surface area contributed by atoms with Crippen molar-refractivity contribution in [1.29, 1.82) is 0 Å². The normalized spacial score (nSPS) is 12.6. The van der Waals surface area contributed by atoms with E-state index in [1.807, 2.05) is 33.8 Å². The number of allylic oxidation sites excluding steroid dienone is 5. The molecule has 0 fully saturated rings. The van der Waals surface area contributed by atoms with Crippen molar-refractivity contribution >= 4 is 0 Å². The highest BCUT2D eigenvalue weighted by Gasteiger charge is 2.07. The van der Waals surface area contributed by atoms with Crippen LogP contribution in [0.25, 0.3) is 0 Å². The van der Waals surface area contributed by atoms with Crippen LogP contribution in [0.15, 0.2) is 59.9 Å². The third kappa shape index (κ3) is 10.8. The second kappa shape index (κ2) is 15.4. The predicted octanol–water partition coefficient (Wildman–Crippen LogP) is 5.91. The Morgan fingerprint density at radius 2 is 1.83 bits per heavy atom. The number of ether oxygens (including phenoxy) is 1. The molecule has 0 spiro atoms. The molecule has 0 aliphatic carbocycles. The Morgan fingerprint density at radius 3 is 2.26 bits per heavy atom. The van der Waals surface area contributed by atoms with E-state index in [0.717, 1.165) is 30.8 Å². The van der Waals surface area contributed by atoms with Crippen LogP contribution in [0, 0.1) is 0 Å². The summed E-state index contributed by atoms with van der Waals surface area (Å²) in [5.74, 6) is 0.737. The Morgan fingerprint density at radius 1 is 1.22 bits per heavy atom. The predicted molar refractivity (Wildman–Crippen MR) is 106 cm³/mol. The Labute approximate surface area is 144 Å². The van der Waals surface area contributed by atoms with E-state index >= 15 is 0 Å². The molecule has 0 aromatic heterocycles. The maximum absolute atomic E-state index is 5.48. The van der Waals surface area contributed by atoms with Gasteiger partial charge in [0.1, 0.15) is 5.76 Å². The first-order valence-corrected chi connectivity index (χ1v) is 8.65. The van der Waals surface area contributed by atoms with Gasteiger partial charge in [0.2, 0.25) is 0 Å². The van der Waals surface area contributed by atoms with Gasteiger partial charge in [-0.1, -0.05) is 45.6 Å². The third-order valence-corrected chi connectivity index (χ3v) is 3.33. The van der Waals surface area contributed by atoms with Crippen LogP contribution in [0.3, 0.4) is 0 Å². The van der Waals surface area contributed by atoms with Crippen molar-refractivity contribution in [2.45, 2.75) is 48.0 Å². The van der Waals surface area contributed by atoms with Crippen LogP contribution in [-0.4, -0.2) is 31.6 Å². The van der Waals surface area contributed by atoms with Crippen molar-refractivity contribution in [3.05, 3.63) is 59.9 Å². The number of likely N-dealkylation sites (N-methyl/N-ethyl adjacent to an activating group) is 1. The van der Waals surface area contributed by atoms with Crippen LogP contribution >= 0.6 is 0 Å². The standard InChI is InChI=1S/C19H31NO.C2H6/c1-8-12-13-19(14-16(5)17(6)21-11-4)18(9-2)15-20(7)10-3;1-2/h8-9,13-14H,1,6,10-12,15H2,2-5,7H3;1-2H3/b16-14-,18-9+,19-13+;. The molecule has 0 aromatic rings.